The number of nitrogens with zero attached hydrogens (tertiary/aromatic N) is 4. The quantitative estimate of drug-likeness (QED) is 0.174. The average Bonchev–Trinajstić information content (AvgIpc) is 4.11. The summed E-state index contributed by atoms with van der Waals surface area (Å²) < 4.78 is 0. The maximum atomic E-state index is 9.52. The second kappa shape index (κ2) is 15.6. The van der Waals surface area contributed by atoms with E-state index in [0.29, 0.717) is 16.7 Å². The Morgan fingerprint density at radius 2 is 0.887 bits per heavy atom. The molecule has 0 spiro atoms. The number of hydrogen-bond acceptors (Lipinski definition) is 4. The molecule has 62 heavy (non-hydrogen) atoms. The van der Waals surface area contributed by atoms with Crippen molar-refractivity contribution < 1.29 is 0 Å². The van der Waals surface area contributed by atoms with Crippen LogP contribution in [0.25, 0.3) is 79.8 Å². The highest BCUT2D eigenvalue weighted by molar-refractivity contribution is 5.97. The summed E-state index contributed by atoms with van der Waals surface area (Å²) in [6, 6.07) is 45.6. The molecule has 0 fully saturated rings. The zero-order chi connectivity index (χ0) is 43.2. The first-order valence-corrected chi connectivity index (χ1v) is 20.8. The number of aromatic nitrogens is 4. The van der Waals surface area contributed by atoms with Crippen LogP contribution in [0.1, 0.15) is 97.7 Å². The minimum Gasteiger partial charge on any atom is -0.355 e. The molecule has 298 valence electrons. The fraction of sp³-hybridized carbons (Fsp3) is 0.143. The Kier molecular flexibility index (Phi) is 9.91. The van der Waals surface area contributed by atoms with Crippen LogP contribution in [-0.4, -0.2) is 19.9 Å². The molecule has 0 saturated carbocycles. The predicted molar refractivity (Wildman–Crippen MR) is 254 cm³/mol. The van der Waals surface area contributed by atoms with E-state index in [4.69, 9.17) is 9.97 Å². The fourth-order valence-corrected chi connectivity index (χ4v) is 8.00. The molecule has 2 aliphatic heterocycles. The highest BCUT2D eigenvalue weighted by atomic mass is 14.8. The van der Waals surface area contributed by atoms with Gasteiger partial charge in [-0.15, -0.1) is 0 Å². The second-order valence-corrected chi connectivity index (χ2v) is 17.8. The Hall–Kier alpha value is -7.98. The van der Waals surface area contributed by atoms with Crippen LogP contribution < -0.4 is 0 Å². The number of benzene rings is 4. The van der Waals surface area contributed by atoms with Crippen molar-refractivity contribution >= 4 is 46.4 Å². The van der Waals surface area contributed by atoms with Gasteiger partial charge in [0.25, 0.3) is 0 Å². The average molecular weight is 801 g/mol. The van der Waals surface area contributed by atoms with E-state index in [1.807, 2.05) is 12.1 Å². The zero-order valence-corrected chi connectivity index (χ0v) is 35.6. The van der Waals surface area contributed by atoms with Gasteiger partial charge in [-0.25, -0.2) is 9.97 Å². The van der Waals surface area contributed by atoms with Gasteiger partial charge in [0.1, 0.15) is 12.1 Å². The van der Waals surface area contributed by atoms with Gasteiger partial charge >= 0.3 is 0 Å². The summed E-state index contributed by atoms with van der Waals surface area (Å²) in [5.74, 6) is 6.41. The van der Waals surface area contributed by atoms with E-state index in [1.54, 1.807) is 18.2 Å². The molecular weight excluding hydrogens is 757 g/mol. The Morgan fingerprint density at radius 3 is 1.42 bits per heavy atom. The smallest absolute Gasteiger partial charge is 0.101 e. The van der Waals surface area contributed by atoms with Crippen LogP contribution in [-0.2, 0) is 10.8 Å². The third kappa shape index (κ3) is 7.77. The van der Waals surface area contributed by atoms with E-state index in [2.05, 4.69) is 191 Å². The summed E-state index contributed by atoms with van der Waals surface area (Å²) in [5.41, 5.74) is 18.0. The van der Waals surface area contributed by atoms with Gasteiger partial charge < -0.3 is 9.97 Å². The van der Waals surface area contributed by atoms with Crippen molar-refractivity contribution in [2.75, 3.05) is 0 Å². The molecule has 5 heterocycles. The van der Waals surface area contributed by atoms with Crippen LogP contribution in [0.3, 0.4) is 0 Å². The Labute approximate surface area is 362 Å². The number of H-pyrrole nitrogens is 2. The van der Waals surface area contributed by atoms with Crippen molar-refractivity contribution in [3.8, 4) is 57.4 Å². The summed E-state index contributed by atoms with van der Waals surface area (Å²) in [7, 11) is 0. The molecule has 6 nitrogen and oxygen atoms in total. The second-order valence-electron chi connectivity index (χ2n) is 17.8. The van der Waals surface area contributed by atoms with Crippen LogP contribution in [0.4, 0.5) is 0 Å². The first kappa shape index (κ1) is 39.5. The number of fused-ring (bicyclic) bond motifs is 8. The van der Waals surface area contributed by atoms with Crippen molar-refractivity contribution in [2.45, 2.75) is 52.4 Å². The summed E-state index contributed by atoms with van der Waals surface area (Å²) >= 11 is 0. The molecule has 0 atom stereocenters. The summed E-state index contributed by atoms with van der Waals surface area (Å²) in [5, 5.41) is 18.9. The highest BCUT2D eigenvalue weighted by Crippen LogP contribution is 2.37. The lowest BCUT2D eigenvalue weighted by atomic mass is 9.86. The number of rotatable bonds is 3. The van der Waals surface area contributed by atoms with E-state index in [9.17, 15) is 10.5 Å². The monoisotopic (exact) mass is 800 g/mol. The first-order chi connectivity index (χ1) is 29.8. The van der Waals surface area contributed by atoms with Crippen LogP contribution in [0.5, 0.6) is 0 Å². The molecule has 0 unspecified atom stereocenters. The molecule has 4 aromatic carbocycles. The topological polar surface area (TPSA) is 105 Å². The third-order valence-corrected chi connectivity index (χ3v) is 11.4. The fourth-order valence-electron chi connectivity index (χ4n) is 8.00. The van der Waals surface area contributed by atoms with E-state index in [-0.39, 0.29) is 10.8 Å². The molecule has 0 radical (unpaired) electrons. The van der Waals surface area contributed by atoms with Crippen LogP contribution in [0.15, 0.2) is 121 Å². The molecule has 7 aromatic rings. The van der Waals surface area contributed by atoms with E-state index >= 15 is 0 Å². The van der Waals surface area contributed by atoms with Crippen molar-refractivity contribution in [1.29, 1.82) is 10.5 Å². The molecule has 0 saturated heterocycles. The number of nitriles is 2. The number of nitrogens with one attached hydrogen (secondary N) is 2. The van der Waals surface area contributed by atoms with Gasteiger partial charge in [0, 0.05) is 49.9 Å². The van der Waals surface area contributed by atoms with Gasteiger partial charge in [-0.05, 0) is 124 Å². The van der Waals surface area contributed by atoms with Crippen molar-refractivity contribution in [2.24, 2.45) is 0 Å². The van der Waals surface area contributed by atoms with Gasteiger partial charge in [-0.1, -0.05) is 114 Å². The largest absolute Gasteiger partial charge is 0.355 e. The van der Waals surface area contributed by atoms with E-state index in [1.165, 1.54) is 11.1 Å². The lowest BCUT2D eigenvalue weighted by Crippen LogP contribution is -2.10. The molecule has 2 N–H and O–H groups in total. The molecule has 0 amide bonds. The molecule has 8 bridgehead atoms. The van der Waals surface area contributed by atoms with Crippen molar-refractivity contribution in [1.82, 2.24) is 19.9 Å². The van der Waals surface area contributed by atoms with Crippen LogP contribution >= 0.6 is 0 Å². The zero-order valence-electron chi connectivity index (χ0n) is 35.6. The molecular formula is C56H44N6. The molecule has 0 aliphatic carbocycles. The maximum absolute atomic E-state index is 9.52. The number of aromatic amines is 2. The van der Waals surface area contributed by atoms with E-state index in [0.717, 1.165) is 83.8 Å². The standard InChI is InChI=1S/C56H44N6/c1-55(2,3)42-19-15-38(16-20-42)52-46-25-23-44(59-46)32-45-24-26-47(60-45)53(39-17-21-43(22-18-39)56(4,5)6)49-28-30-51(62-49)54(50-29-27-48(52)61-50)37-12-9-35(10-13-37)7-8-36-11-14-40(33-57)41(31-36)34-58/h9-32,59,62H,1-6H3. The Bertz CT molecular complexity index is 3240. The van der Waals surface area contributed by atoms with Gasteiger partial charge in [0.2, 0.25) is 0 Å². The lowest BCUT2D eigenvalue weighted by Gasteiger charge is -2.19. The van der Waals surface area contributed by atoms with E-state index < -0.39 is 0 Å². The molecule has 9 rings (SSSR count). The summed E-state index contributed by atoms with van der Waals surface area (Å²) in [6.45, 7) is 13.4. The van der Waals surface area contributed by atoms with Crippen molar-refractivity contribution in [3.05, 3.63) is 177 Å². The highest BCUT2D eigenvalue weighted by Gasteiger charge is 2.19. The molecule has 3 aromatic heterocycles. The maximum Gasteiger partial charge on any atom is 0.101 e. The van der Waals surface area contributed by atoms with Crippen LogP contribution in [0.2, 0.25) is 0 Å². The van der Waals surface area contributed by atoms with Crippen LogP contribution in [0, 0.1) is 34.5 Å². The Morgan fingerprint density at radius 1 is 0.435 bits per heavy atom. The molecule has 2 aliphatic rings. The Balaban J connectivity index is 1.28. The minimum absolute atomic E-state index is 0.0208. The normalized spacial score (nSPS) is 12.1. The third-order valence-electron chi connectivity index (χ3n) is 11.4. The summed E-state index contributed by atoms with van der Waals surface area (Å²) in [4.78, 5) is 18.1. The minimum atomic E-state index is 0.0208. The lowest BCUT2D eigenvalue weighted by molar-refractivity contribution is 0.590. The van der Waals surface area contributed by atoms with Gasteiger partial charge in [0.05, 0.1) is 33.9 Å². The molecule has 6 heteroatoms. The number of hydrogen-bond donors (Lipinski definition) is 2. The van der Waals surface area contributed by atoms with Crippen molar-refractivity contribution in [3.63, 3.8) is 0 Å². The first-order valence-electron chi connectivity index (χ1n) is 20.8. The predicted octanol–water partition coefficient (Wildman–Crippen LogP) is 13.4. The van der Waals surface area contributed by atoms with Gasteiger partial charge in [-0.2, -0.15) is 10.5 Å². The summed E-state index contributed by atoms with van der Waals surface area (Å²) in [6.07, 6.45) is 8.40. The van der Waals surface area contributed by atoms with Gasteiger partial charge in [-0.3, -0.25) is 0 Å². The SMILES string of the molecule is CC(C)(C)c1ccc(-c2c3nc(c(-c4ccc(C#Cc5ccc(C#N)c(C#N)c5)cc4)c4ccc([nH]4)c(-c4ccc(C(C)(C)C)cc4)c4nc(cc5ccc2[nH]5)C=C4)C=C3)cc1. The van der Waals surface area contributed by atoms with Gasteiger partial charge in [0.15, 0.2) is 0 Å².